The molecule has 102 valence electrons. The predicted octanol–water partition coefficient (Wildman–Crippen LogP) is 3.54. The Balaban J connectivity index is 1.85. The van der Waals surface area contributed by atoms with Crippen LogP contribution in [0.4, 0.5) is 5.13 Å². The van der Waals surface area contributed by atoms with E-state index in [0.717, 1.165) is 25.6 Å². The molecule has 0 spiro atoms. The van der Waals surface area contributed by atoms with Crippen LogP contribution in [0.25, 0.3) is 20.5 Å². The molecule has 5 nitrogen and oxygen atoms in total. The van der Waals surface area contributed by atoms with Gasteiger partial charge in [0.05, 0.1) is 4.88 Å². The van der Waals surface area contributed by atoms with Crippen molar-refractivity contribution in [2.75, 3.05) is 5.32 Å². The van der Waals surface area contributed by atoms with E-state index in [9.17, 15) is 0 Å². The smallest absolute Gasteiger partial charge is 0.206 e. The zero-order valence-corrected chi connectivity index (χ0v) is 12.7. The largest absolute Gasteiger partial charge is 0.358 e. The maximum atomic E-state index is 4.44. The van der Waals surface area contributed by atoms with Crippen LogP contribution in [0.15, 0.2) is 30.7 Å². The first kappa shape index (κ1) is 13.1. The molecule has 0 saturated carbocycles. The predicted molar refractivity (Wildman–Crippen MR) is 83.0 cm³/mol. The molecular weight excluding hydrogens is 290 g/mol. The molecule has 0 aliphatic carbocycles. The molecule has 0 atom stereocenters. The quantitative estimate of drug-likeness (QED) is 0.798. The van der Waals surface area contributed by atoms with Crippen molar-refractivity contribution in [3.05, 3.63) is 30.7 Å². The van der Waals surface area contributed by atoms with E-state index in [1.807, 2.05) is 18.3 Å². The minimum absolute atomic E-state index is 0.352. The van der Waals surface area contributed by atoms with Gasteiger partial charge in [-0.2, -0.15) is 0 Å². The van der Waals surface area contributed by atoms with Gasteiger partial charge in [-0.05, 0) is 26.0 Å². The Kier molecular flexibility index (Phi) is 3.70. The van der Waals surface area contributed by atoms with Crippen LogP contribution >= 0.6 is 22.7 Å². The summed E-state index contributed by atoms with van der Waals surface area (Å²) >= 11 is 3.16. The number of hydrogen-bond acceptors (Lipinski definition) is 7. The monoisotopic (exact) mass is 303 g/mol. The molecule has 3 heterocycles. The lowest BCUT2D eigenvalue weighted by Gasteiger charge is -2.02. The first-order valence-corrected chi connectivity index (χ1v) is 7.82. The molecule has 0 aliphatic rings. The summed E-state index contributed by atoms with van der Waals surface area (Å²) < 4.78 is 0. The highest BCUT2D eigenvalue weighted by atomic mass is 32.1. The number of thiazole rings is 1. The number of pyridine rings is 1. The average Bonchev–Trinajstić information content (AvgIpc) is 3.07. The topological polar surface area (TPSA) is 63.6 Å². The van der Waals surface area contributed by atoms with Gasteiger partial charge in [-0.1, -0.05) is 11.3 Å². The Bertz CT molecular complexity index is 690. The molecule has 3 aromatic heterocycles. The second kappa shape index (κ2) is 5.64. The van der Waals surface area contributed by atoms with Gasteiger partial charge in [0.25, 0.3) is 0 Å². The highest BCUT2D eigenvalue weighted by Crippen LogP contribution is 2.34. The van der Waals surface area contributed by atoms with Gasteiger partial charge in [-0.3, -0.25) is 4.98 Å². The molecular formula is C13H13N5S2. The summed E-state index contributed by atoms with van der Waals surface area (Å²) in [5.41, 5.74) is 1.07. The van der Waals surface area contributed by atoms with E-state index in [1.165, 1.54) is 0 Å². The van der Waals surface area contributed by atoms with Crippen LogP contribution in [0.3, 0.4) is 0 Å². The summed E-state index contributed by atoms with van der Waals surface area (Å²) in [7, 11) is 0. The third-order valence-corrected chi connectivity index (χ3v) is 4.55. The van der Waals surface area contributed by atoms with E-state index in [4.69, 9.17) is 0 Å². The summed E-state index contributed by atoms with van der Waals surface area (Å²) in [5.74, 6) is 0. The highest BCUT2D eigenvalue weighted by molar-refractivity contribution is 7.24. The summed E-state index contributed by atoms with van der Waals surface area (Å²) in [4.78, 5) is 9.49. The minimum Gasteiger partial charge on any atom is -0.358 e. The molecule has 1 N–H and O–H groups in total. The molecule has 0 unspecified atom stereocenters. The van der Waals surface area contributed by atoms with Crippen LogP contribution in [0.5, 0.6) is 0 Å². The van der Waals surface area contributed by atoms with Crippen molar-refractivity contribution in [2.45, 2.75) is 19.9 Å². The second-order valence-corrected chi connectivity index (χ2v) is 6.49. The number of nitrogens with one attached hydrogen (secondary N) is 1. The summed E-state index contributed by atoms with van der Waals surface area (Å²) in [6.45, 7) is 4.16. The molecule has 0 saturated heterocycles. The summed E-state index contributed by atoms with van der Waals surface area (Å²) in [6.07, 6.45) is 5.39. The second-order valence-electron chi connectivity index (χ2n) is 4.48. The lowest BCUT2D eigenvalue weighted by Crippen LogP contribution is -2.08. The van der Waals surface area contributed by atoms with Crippen LogP contribution in [0.2, 0.25) is 0 Å². The van der Waals surface area contributed by atoms with Crippen LogP contribution in [0, 0.1) is 0 Å². The van der Waals surface area contributed by atoms with Crippen LogP contribution in [0.1, 0.15) is 13.8 Å². The van der Waals surface area contributed by atoms with Crippen LogP contribution in [-0.4, -0.2) is 26.2 Å². The van der Waals surface area contributed by atoms with Crippen molar-refractivity contribution in [3.63, 3.8) is 0 Å². The SMILES string of the molecule is CC(C)Nc1nnc(-c2cnc(-c3ccncc3)s2)s1. The molecule has 3 aromatic rings. The maximum Gasteiger partial charge on any atom is 0.206 e. The fourth-order valence-electron chi connectivity index (χ4n) is 1.63. The van der Waals surface area contributed by atoms with E-state index in [-0.39, 0.29) is 0 Å². The Morgan fingerprint density at radius 2 is 1.85 bits per heavy atom. The van der Waals surface area contributed by atoms with Crippen molar-refractivity contribution in [3.8, 4) is 20.5 Å². The Morgan fingerprint density at radius 3 is 2.60 bits per heavy atom. The number of rotatable bonds is 4. The molecule has 0 fully saturated rings. The molecule has 3 rings (SSSR count). The molecule has 7 heteroatoms. The van der Waals surface area contributed by atoms with Crippen molar-refractivity contribution in [2.24, 2.45) is 0 Å². The average molecular weight is 303 g/mol. The lowest BCUT2D eigenvalue weighted by atomic mass is 10.3. The molecule has 20 heavy (non-hydrogen) atoms. The van der Waals surface area contributed by atoms with E-state index < -0.39 is 0 Å². The van der Waals surface area contributed by atoms with Gasteiger partial charge >= 0.3 is 0 Å². The third-order valence-electron chi connectivity index (χ3n) is 2.48. The van der Waals surface area contributed by atoms with Crippen molar-refractivity contribution >= 4 is 27.8 Å². The number of hydrogen-bond donors (Lipinski definition) is 1. The standard InChI is InChI=1S/C13H13N5S2/c1-8(2)16-13-18-17-12(20-13)10-7-15-11(19-10)9-3-5-14-6-4-9/h3-8H,1-2H3,(H,16,18). The van der Waals surface area contributed by atoms with Crippen molar-refractivity contribution < 1.29 is 0 Å². The van der Waals surface area contributed by atoms with Gasteiger partial charge in [0.2, 0.25) is 5.13 Å². The first-order chi connectivity index (χ1) is 9.72. The van der Waals surface area contributed by atoms with E-state index in [0.29, 0.717) is 6.04 Å². The van der Waals surface area contributed by atoms with Crippen molar-refractivity contribution in [1.29, 1.82) is 0 Å². The molecule has 0 aliphatic heterocycles. The third kappa shape index (κ3) is 2.83. The van der Waals surface area contributed by atoms with E-state index in [1.54, 1.807) is 35.1 Å². The van der Waals surface area contributed by atoms with Gasteiger partial charge in [-0.25, -0.2) is 4.98 Å². The van der Waals surface area contributed by atoms with Crippen LogP contribution < -0.4 is 5.32 Å². The van der Waals surface area contributed by atoms with E-state index in [2.05, 4.69) is 39.3 Å². The summed E-state index contributed by atoms with van der Waals surface area (Å²) in [5, 5.41) is 14.3. The molecule has 0 radical (unpaired) electrons. The number of aromatic nitrogens is 4. The first-order valence-electron chi connectivity index (χ1n) is 6.19. The molecule has 0 aromatic carbocycles. The van der Waals surface area contributed by atoms with Crippen LogP contribution in [-0.2, 0) is 0 Å². The fraction of sp³-hybridized carbons (Fsp3) is 0.231. The number of nitrogens with zero attached hydrogens (tertiary/aromatic N) is 4. The molecule has 0 bridgehead atoms. The van der Waals surface area contributed by atoms with Gasteiger partial charge in [0.15, 0.2) is 5.01 Å². The van der Waals surface area contributed by atoms with Gasteiger partial charge < -0.3 is 5.32 Å². The van der Waals surface area contributed by atoms with Gasteiger partial charge in [-0.15, -0.1) is 21.5 Å². The van der Waals surface area contributed by atoms with Gasteiger partial charge in [0, 0.05) is 30.2 Å². The summed E-state index contributed by atoms with van der Waals surface area (Å²) in [6, 6.07) is 4.26. The maximum absolute atomic E-state index is 4.44. The van der Waals surface area contributed by atoms with Crippen molar-refractivity contribution in [1.82, 2.24) is 20.2 Å². The Morgan fingerprint density at radius 1 is 1.05 bits per heavy atom. The zero-order valence-electron chi connectivity index (χ0n) is 11.1. The van der Waals surface area contributed by atoms with E-state index >= 15 is 0 Å². The lowest BCUT2D eigenvalue weighted by molar-refractivity contribution is 0.888. The Labute approximate surface area is 124 Å². The normalized spacial score (nSPS) is 10.9. The minimum atomic E-state index is 0.352. The molecule has 0 amide bonds. The Hall–Kier alpha value is -1.86. The zero-order chi connectivity index (χ0) is 13.9. The van der Waals surface area contributed by atoms with Gasteiger partial charge in [0.1, 0.15) is 5.01 Å². The fourth-order valence-corrected chi connectivity index (χ4v) is 3.47. The number of anilines is 1. The highest BCUT2D eigenvalue weighted by Gasteiger charge is 2.11.